The summed E-state index contributed by atoms with van der Waals surface area (Å²) in [5.41, 5.74) is 3.57. The van der Waals surface area contributed by atoms with Crippen LogP contribution in [-0.4, -0.2) is 40.6 Å². The van der Waals surface area contributed by atoms with Crippen LogP contribution in [0.15, 0.2) is 78.0 Å². The van der Waals surface area contributed by atoms with E-state index in [1.807, 2.05) is 84.3 Å². The van der Waals surface area contributed by atoms with Gasteiger partial charge in [0.2, 0.25) is 5.91 Å². The number of hydrogen-bond acceptors (Lipinski definition) is 7. The van der Waals surface area contributed by atoms with Gasteiger partial charge in [0.15, 0.2) is 11.0 Å². The minimum atomic E-state index is -0.0559. The lowest BCUT2D eigenvalue weighted by molar-refractivity contribution is -0.115. The molecule has 0 saturated heterocycles. The van der Waals surface area contributed by atoms with Crippen molar-refractivity contribution in [1.82, 2.24) is 14.8 Å². The van der Waals surface area contributed by atoms with Gasteiger partial charge in [-0.15, -0.1) is 10.2 Å². The molecule has 0 aliphatic rings. The number of carbonyl (C=O) groups is 1. The molecule has 0 unspecified atom stereocenters. The second-order valence-electron chi connectivity index (χ2n) is 7.95. The highest BCUT2D eigenvalue weighted by molar-refractivity contribution is 7.99. The van der Waals surface area contributed by atoms with Gasteiger partial charge in [-0.05, 0) is 55.0 Å². The second kappa shape index (κ2) is 12.1. The highest BCUT2D eigenvalue weighted by Crippen LogP contribution is 2.27. The molecule has 4 rings (SSSR count). The van der Waals surface area contributed by atoms with Crippen LogP contribution in [-0.2, 0) is 11.3 Å². The molecule has 1 aromatic heterocycles. The van der Waals surface area contributed by atoms with Crippen molar-refractivity contribution in [3.8, 4) is 17.2 Å². The monoisotopic (exact) mass is 503 g/mol. The van der Waals surface area contributed by atoms with E-state index < -0.39 is 0 Å². The molecule has 4 aromatic rings. The number of para-hydroxylation sites is 3. The molecule has 186 valence electrons. The summed E-state index contributed by atoms with van der Waals surface area (Å²) in [6.07, 6.45) is 0.340. The first kappa shape index (κ1) is 25.1. The Labute approximate surface area is 215 Å². The number of carbonyl (C=O) groups excluding carboxylic acids is 1. The Morgan fingerprint density at radius 1 is 0.944 bits per heavy atom. The number of thioether (sulfide) groups is 1. The van der Waals surface area contributed by atoms with Gasteiger partial charge in [0, 0.05) is 23.5 Å². The molecule has 0 bridgehead atoms. The fourth-order valence-electron chi connectivity index (χ4n) is 3.66. The van der Waals surface area contributed by atoms with Crippen molar-refractivity contribution in [1.29, 1.82) is 0 Å². The Kier molecular flexibility index (Phi) is 8.46. The number of anilines is 2. The van der Waals surface area contributed by atoms with Crippen LogP contribution < -0.4 is 20.1 Å². The minimum Gasteiger partial charge on any atom is -0.497 e. The number of methoxy groups -OCH3 is 2. The molecule has 3 aromatic carbocycles. The highest BCUT2D eigenvalue weighted by atomic mass is 32.2. The number of ether oxygens (including phenoxy) is 2. The van der Waals surface area contributed by atoms with Gasteiger partial charge in [-0.1, -0.05) is 42.1 Å². The van der Waals surface area contributed by atoms with Gasteiger partial charge in [-0.25, -0.2) is 0 Å². The molecule has 0 saturated carbocycles. The van der Waals surface area contributed by atoms with Crippen LogP contribution in [0.3, 0.4) is 0 Å². The summed E-state index contributed by atoms with van der Waals surface area (Å²) in [5, 5.41) is 15.9. The van der Waals surface area contributed by atoms with Gasteiger partial charge in [-0.2, -0.15) is 0 Å². The molecule has 0 aliphatic heterocycles. The number of aromatic nitrogens is 3. The molecule has 0 radical (unpaired) electrons. The predicted octanol–water partition coefficient (Wildman–Crippen LogP) is 5.33. The fraction of sp³-hybridized carbons (Fsp3) is 0.222. The summed E-state index contributed by atoms with van der Waals surface area (Å²) < 4.78 is 12.7. The summed E-state index contributed by atoms with van der Waals surface area (Å²) >= 11 is 1.50. The third-order valence-corrected chi connectivity index (χ3v) is 6.46. The maximum Gasteiger partial charge on any atom is 0.225 e. The van der Waals surface area contributed by atoms with E-state index in [4.69, 9.17) is 9.47 Å². The number of rotatable bonds is 11. The van der Waals surface area contributed by atoms with Gasteiger partial charge in [0.25, 0.3) is 0 Å². The Hall–Kier alpha value is -3.98. The molecule has 0 fully saturated rings. The van der Waals surface area contributed by atoms with Crippen LogP contribution in [0.5, 0.6) is 11.5 Å². The van der Waals surface area contributed by atoms with Crippen LogP contribution in [0.25, 0.3) is 5.69 Å². The largest absolute Gasteiger partial charge is 0.497 e. The molecular formula is C27H29N5O3S. The zero-order valence-electron chi connectivity index (χ0n) is 20.5. The van der Waals surface area contributed by atoms with Gasteiger partial charge in [0.1, 0.15) is 11.5 Å². The van der Waals surface area contributed by atoms with Crippen LogP contribution in [0.2, 0.25) is 0 Å². The maximum absolute atomic E-state index is 12.6. The van der Waals surface area contributed by atoms with E-state index in [1.54, 1.807) is 14.2 Å². The smallest absolute Gasteiger partial charge is 0.225 e. The zero-order chi connectivity index (χ0) is 25.3. The summed E-state index contributed by atoms with van der Waals surface area (Å²) in [6, 6.07) is 23.3. The van der Waals surface area contributed by atoms with Gasteiger partial charge in [-0.3, -0.25) is 9.36 Å². The quantitative estimate of drug-likeness (QED) is 0.268. The molecule has 0 aliphatic carbocycles. The second-order valence-corrected chi connectivity index (χ2v) is 9.01. The van der Waals surface area contributed by atoms with Crippen molar-refractivity contribution < 1.29 is 14.3 Å². The molecule has 36 heavy (non-hydrogen) atoms. The molecule has 9 heteroatoms. The van der Waals surface area contributed by atoms with E-state index in [0.717, 1.165) is 45.1 Å². The third kappa shape index (κ3) is 6.17. The van der Waals surface area contributed by atoms with Crippen molar-refractivity contribution in [2.45, 2.75) is 25.0 Å². The van der Waals surface area contributed by atoms with Crippen molar-refractivity contribution in [3.05, 3.63) is 84.2 Å². The summed E-state index contributed by atoms with van der Waals surface area (Å²) in [7, 11) is 3.27. The van der Waals surface area contributed by atoms with E-state index >= 15 is 0 Å². The van der Waals surface area contributed by atoms with Crippen molar-refractivity contribution in [3.63, 3.8) is 0 Å². The lowest BCUT2D eigenvalue weighted by atomic mass is 10.2. The zero-order valence-corrected chi connectivity index (χ0v) is 21.3. The first-order chi connectivity index (χ1) is 17.6. The SMILES string of the molecule is COc1ccc(NC(=O)CCSc2nnc(CNc3ccccc3OC)n2-c2ccccc2)c(C)c1. The van der Waals surface area contributed by atoms with E-state index in [-0.39, 0.29) is 5.91 Å². The van der Waals surface area contributed by atoms with Crippen LogP contribution in [0.4, 0.5) is 11.4 Å². The lowest BCUT2D eigenvalue weighted by Gasteiger charge is -2.13. The third-order valence-electron chi connectivity index (χ3n) is 5.53. The number of nitrogens with one attached hydrogen (secondary N) is 2. The Morgan fingerprint density at radius 2 is 1.72 bits per heavy atom. The number of hydrogen-bond donors (Lipinski definition) is 2. The lowest BCUT2D eigenvalue weighted by Crippen LogP contribution is -2.13. The summed E-state index contributed by atoms with van der Waals surface area (Å²) in [4.78, 5) is 12.6. The van der Waals surface area contributed by atoms with Crippen LogP contribution in [0, 0.1) is 6.92 Å². The van der Waals surface area contributed by atoms with Gasteiger partial charge < -0.3 is 20.1 Å². The average Bonchev–Trinajstić information content (AvgIpc) is 3.31. The van der Waals surface area contributed by atoms with Gasteiger partial charge >= 0.3 is 0 Å². The fourth-order valence-corrected chi connectivity index (χ4v) is 4.57. The number of nitrogens with zero attached hydrogens (tertiary/aromatic N) is 3. The first-order valence-electron chi connectivity index (χ1n) is 11.5. The van der Waals surface area contributed by atoms with Crippen molar-refractivity contribution >= 4 is 29.0 Å². The molecular weight excluding hydrogens is 474 g/mol. The minimum absolute atomic E-state index is 0.0559. The van der Waals surface area contributed by atoms with E-state index in [0.29, 0.717) is 18.7 Å². The summed E-state index contributed by atoms with van der Waals surface area (Å²) in [5.74, 6) is 2.78. The number of benzene rings is 3. The van der Waals surface area contributed by atoms with E-state index in [2.05, 4.69) is 20.8 Å². The van der Waals surface area contributed by atoms with Crippen molar-refractivity contribution in [2.75, 3.05) is 30.6 Å². The Morgan fingerprint density at radius 3 is 2.47 bits per heavy atom. The molecule has 1 amide bonds. The number of amides is 1. The van der Waals surface area contributed by atoms with E-state index in [1.165, 1.54) is 11.8 Å². The molecule has 0 atom stereocenters. The van der Waals surface area contributed by atoms with Gasteiger partial charge in [0.05, 0.1) is 26.5 Å². The standard InChI is InChI=1S/C27H29N5O3S/c1-19-17-21(34-2)13-14-22(19)29-26(33)15-16-36-27-31-30-25(32(27)20-9-5-4-6-10-20)18-28-23-11-7-8-12-24(23)35-3/h4-14,17,28H,15-16,18H2,1-3H3,(H,29,33). The highest BCUT2D eigenvalue weighted by Gasteiger charge is 2.16. The topological polar surface area (TPSA) is 90.3 Å². The first-order valence-corrected chi connectivity index (χ1v) is 12.5. The summed E-state index contributed by atoms with van der Waals surface area (Å²) in [6.45, 7) is 2.40. The molecule has 8 nitrogen and oxygen atoms in total. The van der Waals surface area contributed by atoms with Crippen molar-refractivity contribution in [2.24, 2.45) is 0 Å². The Bertz CT molecular complexity index is 1310. The number of aryl methyl sites for hydroxylation is 1. The average molecular weight is 504 g/mol. The van der Waals surface area contributed by atoms with Crippen LogP contribution in [0.1, 0.15) is 17.8 Å². The molecule has 0 spiro atoms. The maximum atomic E-state index is 12.6. The van der Waals surface area contributed by atoms with E-state index in [9.17, 15) is 4.79 Å². The normalized spacial score (nSPS) is 10.6. The predicted molar refractivity (Wildman–Crippen MR) is 143 cm³/mol. The molecule has 2 N–H and O–H groups in total. The molecule has 1 heterocycles. The Balaban J connectivity index is 1.43. The van der Waals surface area contributed by atoms with Crippen LogP contribution >= 0.6 is 11.8 Å².